The summed E-state index contributed by atoms with van der Waals surface area (Å²) in [6.07, 6.45) is 6.70. The van der Waals surface area contributed by atoms with Gasteiger partial charge in [-0.2, -0.15) is 0 Å². The fraction of sp³-hybridized carbons (Fsp3) is 0.375. The molecular formula is C8H8N2O. The van der Waals surface area contributed by atoms with E-state index in [-0.39, 0.29) is 5.91 Å². The van der Waals surface area contributed by atoms with Crippen molar-refractivity contribution in [3.8, 4) is 0 Å². The molecular weight excluding hydrogens is 140 g/mol. The van der Waals surface area contributed by atoms with Crippen molar-refractivity contribution in [2.45, 2.75) is 19.3 Å². The van der Waals surface area contributed by atoms with Gasteiger partial charge in [0.05, 0.1) is 5.70 Å². The molecule has 1 amide bonds. The van der Waals surface area contributed by atoms with Gasteiger partial charge in [-0.3, -0.25) is 4.79 Å². The Morgan fingerprint density at radius 1 is 1.18 bits per heavy atom. The van der Waals surface area contributed by atoms with Crippen LogP contribution in [0.3, 0.4) is 0 Å². The van der Waals surface area contributed by atoms with Crippen LogP contribution in [0.15, 0.2) is 33.7 Å². The lowest BCUT2D eigenvalue weighted by Gasteiger charge is -2.17. The summed E-state index contributed by atoms with van der Waals surface area (Å²) in [7, 11) is 0. The van der Waals surface area contributed by atoms with Gasteiger partial charge in [0.1, 0.15) is 0 Å². The minimum Gasteiger partial charge on any atom is -0.266 e. The zero-order valence-corrected chi connectivity index (χ0v) is 6.08. The molecule has 1 fully saturated rings. The number of hydrogen-bond acceptors (Lipinski definition) is 2. The highest BCUT2D eigenvalue weighted by molar-refractivity contribution is 5.89. The maximum absolute atomic E-state index is 10.6. The maximum atomic E-state index is 10.6. The number of amides is 1. The highest BCUT2D eigenvalue weighted by atomic mass is 16.1. The third-order valence-electron chi connectivity index (χ3n) is 1.96. The second-order valence-electron chi connectivity index (χ2n) is 2.71. The lowest BCUT2D eigenvalue weighted by atomic mass is 9.90. The minimum atomic E-state index is -0.256. The molecule has 11 heavy (non-hydrogen) atoms. The molecule has 1 aliphatic carbocycles. The monoisotopic (exact) mass is 148 g/mol. The Bertz CT molecular complexity index is 262. The first-order chi connectivity index (χ1) is 5.36. The number of hydrogen-bond donors (Lipinski definition) is 0. The van der Waals surface area contributed by atoms with Gasteiger partial charge in [0.15, 0.2) is 0 Å². The Labute approximate surface area is 64.5 Å². The van der Waals surface area contributed by atoms with E-state index in [1.165, 1.54) is 18.1 Å². The second kappa shape index (κ2) is 2.42. The van der Waals surface area contributed by atoms with Crippen LogP contribution in [0, 0.1) is 0 Å². The van der Waals surface area contributed by atoms with Crippen LogP contribution in [-0.4, -0.2) is 5.91 Å². The van der Waals surface area contributed by atoms with Crippen LogP contribution in [0.5, 0.6) is 0 Å². The van der Waals surface area contributed by atoms with Gasteiger partial charge in [0, 0.05) is 6.08 Å². The fourth-order valence-electron chi connectivity index (χ4n) is 1.12. The molecule has 0 spiro atoms. The number of allylic oxidation sites excluding steroid dienone is 2. The van der Waals surface area contributed by atoms with E-state index in [2.05, 4.69) is 10.2 Å². The zero-order valence-electron chi connectivity index (χ0n) is 6.08. The molecule has 0 bridgehead atoms. The smallest absolute Gasteiger partial charge is 0.266 e. The Morgan fingerprint density at radius 3 is 2.45 bits per heavy atom. The highest BCUT2D eigenvalue weighted by Crippen LogP contribution is 2.30. The standard InChI is InChI=1S/C8H8N2O/c11-8-5-4-7(9-10-8)6-2-1-3-6/h4-5H,1-3H2. The van der Waals surface area contributed by atoms with Crippen LogP contribution in [0.2, 0.25) is 0 Å². The van der Waals surface area contributed by atoms with Crippen molar-refractivity contribution < 1.29 is 4.79 Å². The van der Waals surface area contributed by atoms with Crippen molar-refractivity contribution in [3.05, 3.63) is 23.4 Å². The lowest BCUT2D eigenvalue weighted by molar-refractivity contribution is -0.114. The topological polar surface area (TPSA) is 41.8 Å². The first-order valence-electron chi connectivity index (χ1n) is 3.72. The SMILES string of the molecule is O=C1C=CC(=C2CCC2)N=N1. The Hall–Kier alpha value is -1.25. The molecule has 0 aromatic rings. The summed E-state index contributed by atoms with van der Waals surface area (Å²) in [5.41, 5.74) is 2.23. The van der Waals surface area contributed by atoms with Crippen molar-refractivity contribution >= 4 is 5.91 Å². The third-order valence-corrected chi connectivity index (χ3v) is 1.96. The van der Waals surface area contributed by atoms with Gasteiger partial charge in [-0.1, -0.05) is 0 Å². The van der Waals surface area contributed by atoms with Crippen molar-refractivity contribution in [1.29, 1.82) is 0 Å². The van der Waals surface area contributed by atoms with Gasteiger partial charge >= 0.3 is 0 Å². The van der Waals surface area contributed by atoms with Gasteiger partial charge < -0.3 is 0 Å². The molecule has 2 aliphatic rings. The summed E-state index contributed by atoms with van der Waals surface area (Å²) in [4.78, 5) is 10.6. The first kappa shape index (κ1) is 6.46. The highest BCUT2D eigenvalue weighted by Gasteiger charge is 2.14. The second-order valence-corrected chi connectivity index (χ2v) is 2.71. The quantitative estimate of drug-likeness (QED) is 0.517. The molecule has 0 unspecified atom stereocenters. The van der Waals surface area contributed by atoms with E-state index in [0.29, 0.717) is 0 Å². The van der Waals surface area contributed by atoms with Gasteiger partial charge in [-0.25, -0.2) is 0 Å². The molecule has 56 valence electrons. The normalized spacial score (nSPS) is 22.4. The molecule has 1 heterocycles. The number of nitrogens with zero attached hydrogens (tertiary/aromatic N) is 2. The number of carbonyl (C=O) groups excluding carboxylic acids is 1. The predicted molar refractivity (Wildman–Crippen MR) is 39.9 cm³/mol. The Morgan fingerprint density at radius 2 is 2.00 bits per heavy atom. The van der Waals surface area contributed by atoms with Crippen LogP contribution in [0.1, 0.15) is 19.3 Å². The fourth-order valence-corrected chi connectivity index (χ4v) is 1.12. The van der Waals surface area contributed by atoms with Gasteiger partial charge in [0.2, 0.25) is 0 Å². The first-order valence-corrected chi connectivity index (χ1v) is 3.72. The molecule has 2 rings (SSSR count). The summed E-state index contributed by atoms with van der Waals surface area (Å²) in [6, 6.07) is 0. The largest absolute Gasteiger partial charge is 0.288 e. The molecule has 0 saturated heterocycles. The van der Waals surface area contributed by atoms with E-state index in [9.17, 15) is 4.79 Å². The van der Waals surface area contributed by atoms with Gasteiger partial charge in [-0.15, -0.1) is 10.2 Å². The Balaban J connectivity index is 2.24. The molecule has 3 nitrogen and oxygen atoms in total. The van der Waals surface area contributed by atoms with Crippen molar-refractivity contribution in [1.82, 2.24) is 0 Å². The van der Waals surface area contributed by atoms with Crippen LogP contribution >= 0.6 is 0 Å². The van der Waals surface area contributed by atoms with Gasteiger partial charge in [-0.05, 0) is 30.9 Å². The van der Waals surface area contributed by atoms with Crippen LogP contribution in [-0.2, 0) is 4.79 Å². The van der Waals surface area contributed by atoms with E-state index >= 15 is 0 Å². The molecule has 0 N–H and O–H groups in total. The van der Waals surface area contributed by atoms with E-state index in [1.54, 1.807) is 6.08 Å². The molecule has 0 atom stereocenters. The summed E-state index contributed by atoms with van der Waals surface area (Å²) in [6.45, 7) is 0. The van der Waals surface area contributed by atoms with E-state index in [4.69, 9.17) is 0 Å². The minimum absolute atomic E-state index is 0.256. The predicted octanol–water partition coefficient (Wildman–Crippen LogP) is 1.97. The summed E-state index contributed by atoms with van der Waals surface area (Å²) >= 11 is 0. The van der Waals surface area contributed by atoms with Crippen LogP contribution < -0.4 is 0 Å². The maximum Gasteiger partial charge on any atom is 0.288 e. The van der Waals surface area contributed by atoms with E-state index in [1.807, 2.05) is 0 Å². The number of azo groups is 1. The molecule has 3 heteroatoms. The number of rotatable bonds is 0. The van der Waals surface area contributed by atoms with E-state index in [0.717, 1.165) is 18.5 Å². The zero-order chi connectivity index (χ0) is 7.68. The molecule has 1 saturated carbocycles. The third kappa shape index (κ3) is 1.13. The van der Waals surface area contributed by atoms with Crippen LogP contribution in [0.4, 0.5) is 0 Å². The summed E-state index contributed by atoms with van der Waals surface area (Å²) in [5.74, 6) is -0.256. The van der Waals surface area contributed by atoms with Gasteiger partial charge in [0.25, 0.3) is 5.91 Å². The molecule has 0 radical (unpaired) electrons. The Kier molecular flexibility index (Phi) is 1.42. The lowest BCUT2D eigenvalue weighted by Crippen LogP contribution is -2.02. The molecule has 0 aromatic carbocycles. The summed E-state index contributed by atoms with van der Waals surface area (Å²) in [5, 5.41) is 7.26. The van der Waals surface area contributed by atoms with Crippen LogP contribution in [0.25, 0.3) is 0 Å². The summed E-state index contributed by atoms with van der Waals surface area (Å²) < 4.78 is 0. The van der Waals surface area contributed by atoms with Crippen molar-refractivity contribution in [2.24, 2.45) is 10.2 Å². The van der Waals surface area contributed by atoms with Crippen molar-refractivity contribution in [3.63, 3.8) is 0 Å². The molecule has 0 aromatic heterocycles. The van der Waals surface area contributed by atoms with E-state index < -0.39 is 0 Å². The molecule has 1 aliphatic heterocycles. The average Bonchev–Trinajstić information content (AvgIpc) is 1.90. The number of carbonyl (C=O) groups is 1. The van der Waals surface area contributed by atoms with Crippen molar-refractivity contribution in [2.75, 3.05) is 0 Å². The average molecular weight is 148 g/mol.